The normalized spacial score (nSPS) is 18.5. The van der Waals surface area contributed by atoms with Crippen molar-refractivity contribution in [2.24, 2.45) is 0 Å². The van der Waals surface area contributed by atoms with Crippen LogP contribution in [0.3, 0.4) is 0 Å². The van der Waals surface area contributed by atoms with E-state index in [1.165, 1.54) is 10.4 Å². The summed E-state index contributed by atoms with van der Waals surface area (Å²) < 4.78 is 0. The van der Waals surface area contributed by atoms with Crippen molar-refractivity contribution >= 4 is 28.7 Å². The maximum Gasteiger partial charge on any atom is 0.164 e. The molecule has 4 heteroatoms. The summed E-state index contributed by atoms with van der Waals surface area (Å²) in [5.41, 5.74) is 2.14. The average Bonchev–Trinajstić information content (AvgIpc) is 2.95. The summed E-state index contributed by atoms with van der Waals surface area (Å²) in [5.74, 6) is 0.167. The molecule has 3 rings (SSSR count). The van der Waals surface area contributed by atoms with Crippen LogP contribution in [0.4, 0.5) is 0 Å². The van der Waals surface area contributed by atoms with Crippen LogP contribution in [0.2, 0.25) is 5.02 Å². The average molecular weight is 320 g/mol. The number of carbonyl (C=O) groups is 1. The number of nitrogens with zero attached hydrogens (tertiary/aromatic N) is 1. The van der Waals surface area contributed by atoms with Gasteiger partial charge in [-0.1, -0.05) is 23.7 Å². The summed E-state index contributed by atoms with van der Waals surface area (Å²) in [6.45, 7) is 4.08. The fraction of sp³-hybridized carbons (Fsp3) is 0.353. The summed E-state index contributed by atoms with van der Waals surface area (Å²) >= 11 is 7.79. The van der Waals surface area contributed by atoms with E-state index in [9.17, 15) is 4.79 Å². The zero-order chi connectivity index (χ0) is 14.8. The van der Waals surface area contributed by atoms with E-state index < -0.39 is 0 Å². The van der Waals surface area contributed by atoms with Crippen molar-refractivity contribution in [2.45, 2.75) is 25.8 Å². The number of Topliss-reactive ketones (excluding diaryl/α,β-unsaturated/α-hetero) is 1. The largest absolute Gasteiger partial charge is 0.296 e. The number of ketones is 1. The van der Waals surface area contributed by atoms with Crippen LogP contribution in [0.5, 0.6) is 0 Å². The highest BCUT2D eigenvalue weighted by Gasteiger charge is 2.24. The molecule has 1 aromatic heterocycles. The zero-order valence-corrected chi connectivity index (χ0v) is 13.6. The summed E-state index contributed by atoms with van der Waals surface area (Å²) in [7, 11) is 0. The molecule has 2 heterocycles. The Bertz CT molecular complexity index is 652. The minimum absolute atomic E-state index is 0.167. The molecule has 0 fully saturated rings. The molecule has 0 bridgehead atoms. The first-order valence-corrected chi connectivity index (χ1v) is 8.50. The molecule has 0 saturated heterocycles. The van der Waals surface area contributed by atoms with Gasteiger partial charge in [0.1, 0.15) is 0 Å². The van der Waals surface area contributed by atoms with Gasteiger partial charge < -0.3 is 0 Å². The van der Waals surface area contributed by atoms with Crippen LogP contribution in [0, 0.1) is 0 Å². The number of hydrogen-bond acceptors (Lipinski definition) is 3. The lowest BCUT2D eigenvalue weighted by atomic mass is 10.0. The minimum atomic E-state index is 0.167. The Balaban J connectivity index is 1.62. The Morgan fingerprint density at radius 1 is 1.43 bits per heavy atom. The number of thiophene rings is 1. The minimum Gasteiger partial charge on any atom is -0.296 e. The second-order valence-electron chi connectivity index (χ2n) is 5.44. The number of rotatable bonds is 4. The highest BCUT2D eigenvalue weighted by atomic mass is 35.5. The third-order valence-corrected chi connectivity index (χ3v) is 5.41. The van der Waals surface area contributed by atoms with Crippen LogP contribution in [0.1, 0.15) is 40.2 Å². The summed E-state index contributed by atoms with van der Waals surface area (Å²) in [6, 6.07) is 9.84. The van der Waals surface area contributed by atoms with Crippen molar-refractivity contribution in [1.82, 2.24) is 4.90 Å². The van der Waals surface area contributed by atoms with Gasteiger partial charge in [-0.2, -0.15) is 0 Å². The summed E-state index contributed by atoms with van der Waals surface area (Å²) in [6.07, 6.45) is 1.65. The predicted octanol–water partition coefficient (Wildman–Crippen LogP) is 4.59. The fourth-order valence-corrected chi connectivity index (χ4v) is 4.07. The highest BCUT2D eigenvalue weighted by Crippen LogP contribution is 2.32. The monoisotopic (exact) mass is 319 g/mol. The SMILES string of the molecule is CC1c2ccsc2CCN1CCC(=O)c1cccc(Cl)c1. The molecule has 1 unspecified atom stereocenters. The molecule has 0 aliphatic carbocycles. The Morgan fingerprint density at radius 3 is 3.10 bits per heavy atom. The molecule has 1 aromatic carbocycles. The molecule has 0 radical (unpaired) electrons. The van der Waals surface area contributed by atoms with Crippen LogP contribution >= 0.6 is 22.9 Å². The molecular weight excluding hydrogens is 302 g/mol. The fourth-order valence-electron chi connectivity index (χ4n) is 2.92. The number of carbonyl (C=O) groups excluding carboxylic acids is 1. The Labute approximate surface area is 134 Å². The molecule has 1 atom stereocenters. The summed E-state index contributed by atoms with van der Waals surface area (Å²) in [5, 5.41) is 2.79. The van der Waals surface area contributed by atoms with E-state index in [2.05, 4.69) is 23.3 Å². The number of hydrogen-bond donors (Lipinski definition) is 0. The van der Waals surface area contributed by atoms with Crippen LogP contribution in [0.25, 0.3) is 0 Å². The summed E-state index contributed by atoms with van der Waals surface area (Å²) in [4.78, 5) is 16.2. The van der Waals surface area contributed by atoms with Gasteiger partial charge in [0.05, 0.1) is 0 Å². The van der Waals surface area contributed by atoms with Gasteiger partial charge in [-0.25, -0.2) is 0 Å². The molecule has 0 amide bonds. The van der Waals surface area contributed by atoms with Crippen molar-refractivity contribution in [2.75, 3.05) is 13.1 Å². The zero-order valence-electron chi connectivity index (χ0n) is 12.0. The first-order chi connectivity index (χ1) is 10.1. The van der Waals surface area contributed by atoms with Gasteiger partial charge in [0, 0.05) is 41.0 Å². The van der Waals surface area contributed by atoms with Gasteiger partial charge >= 0.3 is 0 Å². The predicted molar refractivity (Wildman–Crippen MR) is 88.4 cm³/mol. The first kappa shape index (κ1) is 14.8. The van der Waals surface area contributed by atoms with Gasteiger partial charge in [0.25, 0.3) is 0 Å². The van der Waals surface area contributed by atoms with Gasteiger partial charge in [-0.3, -0.25) is 9.69 Å². The van der Waals surface area contributed by atoms with Crippen LogP contribution < -0.4 is 0 Å². The van der Waals surface area contributed by atoms with Gasteiger partial charge in [-0.15, -0.1) is 11.3 Å². The second-order valence-corrected chi connectivity index (χ2v) is 6.88. The molecule has 0 N–H and O–H groups in total. The van der Waals surface area contributed by atoms with Crippen molar-refractivity contribution in [1.29, 1.82) is 0 Å². The topological polar surface area (TPSA) is 20.3 Å². The third-order valence-electron chi connectivity index (χ3n) is 4.18. The Morgan fingerprint density at radius 2 is 2.29 bits per heavy atom. The number of benzene rings is 1. The third kappa shape index (κ3) is 3.20. The quantitative estimate of drug-likeness (QED) is 0.768. The van der Waals surface area contributed by atoms with Crippen LogP contribution in [-0.4, -0.2) is 23.8 Å². The van der Waals surface area contributed by atoms with E-state index >= 15 is 0 Å². The Hall–Kier alpha value is -1.16. The Kier molecular flexibility index (Phi) is 4.43. The van der Waals surface area contributed by atoms with Crippen LogP contribution in [0.15, 0.2) is 35.7 Å². The molecule has 1 aliphatic rings. The lowest BCUT2D eigenvalue weighted by Crippen LogP contribution is -2.34. The maximum absolute atomic E-state index is 12.3. The second kappa shape index (κ2) is 6.30. The van der Waals surface area contributed by atoms with Crippen molar-refractivity contribution in [3.05, 3.63) is 56.7 Å². The molecule has 21 heavy (non-hydrogen) atoms. The van der Waals surface area contributed by atoms with Gasteiger partial charge in [-0.05, 0) is 42.5 Å². The van der Waals surface area contributed by atoms with E-state index in [0.29, 0.717) is 23.0 Å². The lowest BCUT2D eigenvalue weighted by Gasteiger charge is -2.33. The maximum atomic E-state index is 12.3. The van der Waals surface area contributed by atoms with Gasteiger partial charge in [0.2, 0.25) is 0 Å². The standard InChI is InChI=1S/C17H18ClNOS/c1-12-15-7-10-21-17(15)6-9-19(12)8-5-16(20)13-3-2-4-14(18)11-13/h2-4,7,10-12H,5-6,8-9H2,1H3. The van der Waals surface area contributed by atoms with Crippen molar-refractivity contribution in [3.63, 3.8) is 0 Å². The van der Waals surface area contributed by atoms with Crippen molar-refractivity contribution < 1.29 is 4.79 Å². The van der Waals surface area contributed by atoms with E-state index in [4.69, 9.17) is 11.6 Å². The van der Waals surface area contributed by atoms with Gasteiger partial charge in [0.15, 0.2) is 5.78 Å². The van der Waals surface area contributed by atoms with E-state index in [0.717, 1.165) is 19.5 Å². The first-order valence-electron chi connectivity index (χ1n) is 7.24. The molecule has 2 aromatic rings. The van der Waals surface area contributed by atoms with Crippen molar-refractivity contribution in [3.8, 4) is 0 Å². The number of fused-ring (bicyclic) bond motifs is 1. The molecule has 2 nitrogen and oxygen atoms in total. The van der Waals surface area contributed by atoms with E-state index in [1.54, 1.807) is 12.1 Å². The highest BCUT2D eigenvalue weighted by molar-refractivity contribution is 7.10. The number of halogens is 1. The molecule has 110 valence electrons. The van der Waals surface area contributed by atoms with Crippen LogP contribution in [-0.2, 0) is 6.42 Å². The smallest absolute Gasteiger partial charge is 0.164 e. The molecular formula is C17H18ClNOS. The molecule has 0 spiro atoms. The molecule has 1 aliphatic heterocycles. The lowest BCUT2D eigenvalue weighted by molar-refractivity contribution is 0.0950. The molecule has 0 saturated carbocycles. The van der Waals surface area contributed by atoms with E-state index in [-0.39, 0.29) is 5.78 Å². The van der Waals surface area contributed by atoms with E-state index in [1.807, 2.05) is 23.5 Å².